The maximum absolute atomic E-state index is 11.5. The van der Waals surface area contributed by atoms with Crippen LogP contribution in [0.2, 0.25) is 0 Å². The zero-order chi connectivity index (χ0) is 11.4. The van der Waals surface area contributed by atoms with Crippen molar-refractivity contribution in [3.63, 3.8) is 0 Å². The van der Waals surface area contributed by atoms with Crippen molar-refractivity contribution >= 4 is 17.7 Å². The first-order valence-corrected chi connectivity index (χ1v) is 6.03. The summed E-state index contributed by atoms with van der Waals surface area (Å²) in [7, 11) is 0. The molecule has 1 aromatic rings. The van der Waals surface area contributed by atoms with Crippen molar-refractivity contribution in [3.8, 4) is 0 Å². The Hall–Kier alpha value is -1.04. The number of rotatable bonds is 4. The molecule has 0 radical (unpaired) electrons. The summed E-state index contributed by atoms with van der Waals surface area (Å²) in [5, 5.41) is 8.52. The van der Waals surface area contributed by atoms with Gasteiger partial charge in [0, 0.05) is 6.42 Å². The van der Waals surface area contributed by atoms with Crippen LogP contribution in [0.4, 0.5) is 0 Å². The van der Waals surface area contributed by atoms with Gasteiger partial charge in [0.05, 0.1) is 0 Å². The lowest BCUT2D eigenvalue weighted by molar-refractivity contribution is -0.117. The van der Waals surface area contributed by atoms with Gasteiger partial charge < -0.3 is 0 Å². The van der Waals surface area contributed by atoms with Gasteiger partial charge in [0.15, 0.2) is 0 Å². The van der Waals surface area contributed by atoms with E-state index in [4.69, 9.17) is 0 Å². The van der Waals surface area contributed by atoms with E-state index in [1.807, 2.05) is 27.0 Å². The highest BCUT2D eigenvalue weighted by molar-refractivity contribution is 7.98. The summed E-state index contributed by atoms with van der Waals surface area (Å²) in [6.07, 6.45) is 2.40. The third kappa shape index (κ3) is 3.23. The number of aromatic nitrogens is 3. The molecule has 0 bridgehead atoms. The predicted octanol–water partition coefficient (Wildman–Crippen LogP) is 1.42. The second-order valence-corrected chi connectivity index (χ2v) is 4.48. The van der Waals surface area contributed by atoms with Gasteiger partial charge in [0.25, 0.3) is 0 Å². The molecule has 0 unspecified atom stereocenters. The minimum Gasteiger partial charge on any atom is -0.273 e. The van der Waals surface area contributed by atoms with E-state index in [0.29, 0.717) is 23.3 Å². The average molecular weight is 228 g/mol. The summed E-state index contributed by atoms with van der Waals surface area (Å²) in [5.41, 5.74) is 2.77. The normalized spacial score (nSPS) is 10.7. The molecule has 15 heavy (non-hydrogen) atoms. The van der Waals surface area contributed by atoms with Crippen molar-refractivity contribution < 1.29 is 4.79 Å². The zero-order valence-corrected chi connectivity index (χ0v) is 10.3. The molecule has 1 amide bonds. The Balaban J connectivity index is 2.71. The van der Waals surface area contributed by atoms with Gasteiger partial charge in [-0.15, -0.1) is 10.2 Å². The van der Waals surface area contributed by atoms with Crippen molar-refractivity contribution in [3.05, 3.63) is 5.82 Å². The molecule has 0 saturated carbocycles. The number of thioether (sulfide) groups is 1. The first kappa shape index (κ1) is 12.0. The van der Waals surface area contributed by atoms with Crippen LogP contribution < -0.4 is 5.43 Å². The number of nitrogens with zero attached hydrogens (tertiary/aromatic N) is 3. The highest BCUT2D eigenvalue weighted by Crippen LogP contribution is 2.11. The number of carbonyl (C=O) groups is 1. The lowest BCUT2D eigenvalue weighted by atomic mass is 10.1. The fraction of sp³-hybridized carbons (Fsp3) is 0.667. The second-order valence-electron chi connectivity index (χ2n) is 3.70. The fourth-order valence-corrected chi connectivity index (χ4v) is 1.63. The number of carbonyl (C=O) groups excluding carboxylic acids is 1. The van der Waals surface area contributed by atoms with Crippen molar-refractivity contribution in [2.24, 2.45) is 5.92 Å². The molecule has 0 aliphatic rings. The van der Waals surface area contributed by atoms with E-state index in [-0.39, 0.29) is 5.91 Å². The van der Waals surface area contributed by atoms with E-state index in [0.717, 1.165) is 0 Å². The van der Waals surface area contributed by atoms with Crippen LogP contribution in [-0.2, 0) is 4.79 Å². The molecule has 0 spiro atoms. The molecule has 0 fully saturated rings. The van der Waals surface area contributed by atoms with Gasteiger partial charge in [0.2, 0.25) is 11.1 Å². The molecule has 0 aliphatic carbocycles. The molecule has 5 nitrogen and oxygen atoms in total. The molecule has 84 valence electrons. The van der Waals surface area contributed by atoms with Gasteiger partial charge in [-0.1, -0.05) is 25.6 Å². The van der Waals surface area contributed by atoms with Crippen LogP contribution in [0.15, 0.2) is 5.16 Å². The lowest BCUT2D eigenvalue weighted by Gasteiger charge is -2.10. The average Bonchev–Trinajstić information content (AvgIpc) is 2.46. The Labute approximate surface area is 93.6 Å². The third-order valence-electron chi connectivity index (χ3n) is 1.81. The molecule has 1 rings (SSSR count). The number of nitrogens with one attached hydrogen (secondary N) is 1. The van der Waals surface area contributed by atoms with E-state index < -0.39 is 0 Å². The Kier molecular flexibility index (Phi) is 4.14. The lowest BCUT2D eigenvalue weighted by Crippen LogP contribution is -2.25. The first-order valence-electron chi connectivity index (χ1n) is 4.80. The number of hydrogen-bond acceptors (Lipinski definition) is 4. The van der Waals surface area contributed by atoms with Gasteiger partial charge in [-0.3, -0.25) is 10.2 Å². The van der Waals surface area contributed by atoms with E-state index in [2.05, 4.69) is 15.6 Å². The van der Waals surface area contributed by atoms with Gasteiger partial charge in [-0.25, -0.2) is 4.68 Å². The maximum atomic E-state index is 11.5. The van der Waals surface area contributed by atoms with E-state index in [1.54, 1.807) is 4.68 Å². The SMILES string of the molecule is CSc1nnc(C)n1NC(=O)CC(C)C. The van der Waals surface area contributed by atoms with Crippen molar-refractivity contribution in [1.29, 1.82) is 0 Å². The topological polar surface area (TPSA) is 59.8 Å². The maximum Gasteiger partial charge on any atom is 0.239 e. The van der Waals surface area contributed by atoms with Gasteiger partial charge >= 0.3 is 0 Å². The summed E-state index contributed by atoms with van der Waals surface area (Å²) in [6.45, 7) is 5.82. The molecule has 6 heteroatoms. The third-order valence-corrected chi connectivity index (χ3v) is 2.44. The Bertz CT molecular complexity index is 348. The van der Waals surface area contributed by atoms with E-state index >= 15 is 0 Å². The largest absolute Gasteiger partial charge is 0.273 e. The van der Waals surface area contributed by atoms with Gasteiger partial charge in [0.1, 0.15) is 5.82 Å². The minimum atomic E-state index is -0.0109. The van der Waals surface area contributed by atoms with Crippen LogP contribution in [-0.4, -0.2) is 27.0 Å². The van der Waals surface area contributed by atoms with Crippen molar-refractivity contribution in [1.82, 2.24) is 14.9 Å². The predicted molar refractivity (Wildman–Crippen MR) is 60.4 cm³/mol. The van der Waals surface area contributed by atoms with Crippen LogP contribution in [0.5, 0.6) is 0 Å². The summed E-state index contributed by atoms with van der Waals surface area (Å²) in [6, 6.07) is 0. The van der Waals surface area contributed by atoms with Crippen LogP contribution >= 0.6 is 11.8 Å². The number of amides is 1. The molecule has 1 N–H and O–H groups in total. The smallest absolute Gasteiger partial charge is 0.239 e. The highest BCUT2D eigenvalue weighted by atomic mass is 32.2. The van der Waals surface area contributed by atoms with Crippen LogP contribution in [0.1, 0.15) is 26.1 Å². The minimum absolute atomic E-state index is 0.0109. The van der Waals surface area contributed by atoms with Crippen LogP contribution in [0, 0.1) is 12.8 Å². The molecular weight excluding hydrogens is 212 g/mol. The molecule has 0 aromatic carbocycles. The number of aryl methyl sites for hydroxylation is 1. The van der Waals surface area contributed by atoms with Gasteiger partial charge in [-0.05, 0) is 19.1 Å². The van der Waals surface area contributed by atoms with E-state index in [9.17, 15) is 4.79 Å². The molecule has 0 saturated heterocycles. The molecule has 1 heterocycles. The molecular formula is C9H16N4OS. The Morgan fingerprint density at radius 2 is 2.20 bits per heavy atom. The van der Waals surface area contributed by atoms with E-state index in [1.165, 1.54) is 11.8 Å². The van der Waals surface area contributed by atoms with Crippen molar-refractivity contribution in [2.75, 3.05) is 11.7 Å². The second kappa shape index (κ2) is 5.16. The monoisotopic (exact) mass is 228 g/mol. The standard InChI is InChI=1S/C9H16N4OS/c1-6(2)5-8(14)12-13-7(3)10-11-9(13)15-4/h6H,5H2,1-4H3,(H,12,14). The Morgan fingerprint density at radius 1 is 1.53 bits per heavy atom. The highest BCUT2D eigenvalue weighted by Gasteiger charge is 2.11. The summed E-state index contributed by atoms with van der Waals surface area (Å²) in [5.74, 6) is 1.03. The summed E-state index contributed by atoms with van der Waals surface area (Å²) in [4.78, 5) is 11.5. The summed E-state index contributed by atoms with van der Waals surface area (Å²) >= 11 is 1.45. The van der Waals surface area contributed by atoms with Gasteiger partial charge in [-0.2, -0.15) is 0 Å². The summed E-state index contributed by atoms with van der Waals surface area (Å²) < 4.78 is 1.62. The zero-order valence-electron chi connectivity index (χ0n) is 9.44. The van der Waals surface area contributed by atoms with Crippen molar-refractivity contribution in [2.45, 2.75) is 32.3 Å². The number of hydrogen-bond donors (Lipinski definition) is 1. The van der Waals surface area contributed by atoms with Crippen LogP contribution in [0.25, 0.3) is 0 Å². The Morgan fingerprint density at radius 3 is 2.73 bits per heavy atom. The fourth-order valence-electron chi connectivity index (χ4n) is 1.14. The molecule has 0 aliphatic heterocycles. The quantitative estimate of drug-likeness (QED) is 0.792. The van der Waals surface area contributed by atoms with Crippen LogP contribution in [0.3, 0.4) is 0 Å². The molecule has 0 atom stereocenters. The first-order chi connectivity index (χ1) is 7.04. The molecule has 1 aromatic heterocycles.